The number of hydrogen-bond acceptors (Lipinski definition) is 3. The second kappa shape index (κ2) is 4.66. The smallest absolute Gasteiger partial charge is 0.178 e. The van der Waals surface area contributed by atoms with Gasteiger partial charge in [0.15, 0.2) is 14.6 Å². The summed E-state index contributed by atoms with van der Waals surface area (Å²) < 4.78 is 38.4. The molecule has 7 heteroatoms. The molecule has 0 aliphatic rings. The van der Waals surface area contributed by atoms with Crippen LogP contribution in [0.1, 0.15) is 19.4 Å². The first-order valence-corrected chi connectivity index (χ1v) is 8.41. The molecule has 0 atom stereocenters. The highest BCUT2D eigenvalue weighted by molar-refractivity contribution is 7.92. The van der Waals surface area contributed by atoms with Gasteiger partial charge in [0.25, 0.3) is 0 Å². The van der Waals surface area contributed by atoms with Crippen molar-refractivity contribution in [3.8, 4) is 0 Å². The summed E-state index contributed by atoms with van der Waals surface area (Å²) in [4.78, 5) is 2.91. The molecule has 0 fully saturated rings. The molecule has 4 nitrogen and oxygen atoms in total. The summed E-state index contributed by atoms with van der Waals surface area (Å²) in [6.45, 7) is 5.19. The largest absolute Gasteiger partial charge is 0.330 e. The standard InChI is InChI=1S/C13H17FN2O2S2/c1-8-5-11-10(6-9(8)14)15-12(19)16(11)7-13(2,3)20(4,17)18/h5-6H,7H2,1-4H3,(H,15,19). The first-order chi connectivity index (χ1) is 9.03. The lowest BCUT2D eigenvalue weighted by Crippen LogP contribution is -2.35. The molecule has 0 saturated heterocycles. The van der Waals surface area contributed by atoms with Gasteiger partial charge >= 0.3 is 0 Å². The minimum Gasteiger partial charge on any atom is -0.330 e. The Morgan fingerprint density at radius 1 is 1.40 bits per heavy atom. The van der Waals surface area contributed by atoms with E-state index in [2.05, 4.69) is 4.98 Å². The van der Waals surface area contributed by atoms with Crippen molar-refractivity contribution in [2.24, 2.45) is 0 Å². The molecule has 2 aromatic rings. The molecular formula is C13H17FN2O2S2. The van der Waals surface area contributed by atoms with Crippen molar-refractivity contribution in [2.45, 2.75) is 32.1 Å². The maximum absolute atomic E-state index is 13.6. The normalized spacial score (nSPS) is 13.1. The molecule has 1 heterocycles. The molecule has 2 rings (SSSR count). The second-order valence-electron chi connectivity index (χ2n) is 5.67. The zero-order valence-corrected chi connectivity index (χ0v) is 13.5. The van der Waals surface area contributed by atoms with Crippen LogP contribution in [0.4, 0.5) is 4.39 Å². The van der Waals surface area contributed by atoms with Gasteiger partial charge in [-0.25, -0.2) is 12.8 Å². The van der Waals surface area contributed by atoms with Crippen LogP contribution in [0.15, 0.2) is 12.1 Å². The van der Waals surface area contributed by atoms with Gasteiger partial charge in [-0.2, -0.15) is 0 Å². The van der Waals surface area contributed by atoms with Crippen molar-refractivity contribution in [1.29, 1.82) is 0 Å². The molecule has 0 amide bonds. The third-order valence-electron chi connectivity index (χ3n) is 3.60. The highest BCUT2D eigenvalue weighted by Crippen LogP contribution is 2.24. The Kier molecular flexibility index (Phi) is 3.54. The Bertz CT molecular complexity index is 832. The van der Waals surface area contributed by atoms with E-state index in [1.54, 1.807) is 31.4 Å². The zero-order chi connectivity index (χ0) is 15.3. The number of aryl methyl sites for hydroxylation is 1. The summed E-state index contributed by atoms with van der Waals surface area (Å²) in [5.74, 6) is -0.316. The van der Waals surface area contributed by atoms with Crippen molar-refractivity contribution >= 4 is 33.1 Å². The molecular weight excluding hydrogens is 299 g/mol. The lowest BCUT2D eigenvalue weighted by Gasteiger charge is -2.23. The first-order valence-electron chi connectivity index (χ1n) is 6.11. The Morgan fingerprint density at radius 3 is 2.55 bits per heavy atom. The molecule has 0 unspecified atom stereocenters. The Labute approximate surface area is 122 Å². The van der Waals surface area contributed by atoms with Crippen LogP contribution in [0.25, 0.3) is 11.0 Å². The quantitative estimate of drug-likeness (QED) is 0.886. The predicted octanol–water partition coefficient (Wildman–Crippen LogP) is 2.97. The fraction of sp³-hybridized carbons (Fsp3) is 0.462. The lowest BCUT2D eigenvalue weighted by atomic mass is 10.2. The van der Waals surface area contributed by atoms with Crippen LogP contribution < -0.4 is 0 Å². The number of fused-ring (bicyclic) bond motifs is 1. The van der Waals surface area contributed by atoms with Crippen molar-refractivity contribution in [2.75, 3.05) is 6.26 Å². The van der Waals surface area contributed by atoms with Crippen LogP contribution in [0.2, 0.25) is 0 Å². The van der Waals surface area contributed by atoms with Gasteiger partial charge in [-0.05, 0) is 50.7 Å². The zero-order valence-electron chi connectivity index (χ0n) is 11.8. The van der Waals surface area contributed by atoms with Gasteiger partial charge in [0.05, 0.1) is 15.8 Å². The van der Waals surface area contributed by atoms with Crippen molar-refractivity contribution < 1.29 is 12.8 Å². The summed E-state index contributed by atoms with van der Waals surface area (Å²) in [6, 6.07) is 3.06. The number of aromatic amines is 1. The number of rotatable bonds is 3. The Hall–Kier alpha value is -1.21. The molecule has 0 radical (unpaired) electrons. The molecule has 0 saturated carbocycles. The van der Waals surface area contributed by atoms with Crippen molar-refractivity contribution in [1.82, 2.24) is 9.55 Å². The number of nitrogens with one attached hydrogen (secondary N) is 1. The van der Waals surface area contributed by atoms with E-state index in [0.29, 0.717) is 21.4 Å². The van der Waals surface area contributed by atoms with E-state index in [1.807, 2.05) is 0 Å². The first kappa shape index (κ1) is 15.2. The van der Waals surface area contributed by atoms with Crippen LogP contribution in [0, 0.1) is 17.5 Å². The molecule has 1 aromatic heterocycles. The summed E-state index contributed by atoms with van der Waals surface area (Å²) in [5.41, 5.74) is 1.78. The topological polar surface area (TPSA) is 54.9 Å². The van der Waals surface area contributed by atoms with E-state index in [4.69, 9.17) is 12.2 Å². The number of hydrogen-bond donors (Lipinski definition) is 1. The molecule has 1 N–H and O–H groups in total. The van der Waals surface area contributed by atoms with Gasteiger partial charge in [-0.1, -0.05) is 0 Å². The summed E-state index contributed by atoms with van der Waals surface area (Å²) in [6.07, 6.45) is 1.20. The van der Waals surface area contributed by atoms with E-state index < -0.39 is 14.6 Å². The maximum Gasteiger partial charge on any atom is 0.178 e. The number of H-pyrrole nitrogens is 1. The highest BCUT2D eigenvalue weighted by Gasteiger charge is 2.31. The molecule has 0 bridgehead atoms. The second-order valence-corrected chi connectivity index (χ2v) is 8.70. The number of aromatic nitrogens is 2. The van der Waals surface area contributed by atoms with Gasteiger partial charge in [0.2, 0.25) is 0 Å². The van der Waals surface area contributed by atoms with Crippen LogP contribution >= 0.6 is 12.2 Å². The average Bonchev–Trinajstić information content (AvgIpc) is 2.55. The van der Waals surface area contributed by atoms with E-state index in [0.717, 1.165) is 0 Å². The third-order valence-corrected chi connectivity index (χ3v) is 6.06. The van der Waals surface area contributed by atoms with Crippen LogP contribution in [0.5, 0.6) is 0 Å². The minimum absolute atomic E-state index is 0.218. The minimum atomic E-state index is -3.24. The maximum atomic E-state index is 13.6. The number of benzene rings is 1. The molecule has 0 aliphatic heterocycles. The average molecular weight is 316 g/mol. The Balaban J connectivity index is 2.64. The number of imidazole rings is 1. The van der Waals surface area contributed by atoms with E-state index in [9.17, 15) is 12.8 Å². The summed E-state index contributed by atoms with van der Waals surface area (Å²) in [5, 5.41) is 0. The third kappa shape index (κ3) is 2.52. The van der Waals surface area contributed by atoms with Crippen LogP contribution in [-0.4, -0.2) is 29.0 Å². The fourth-order valence-corrected chi connectivity index (χ4v) is 2.57. The highest BCUT2D eigenvalue weighted by atomic mass is 32.2. The summed E-state index contributed by atoms with van der Waals surface area (Å²) >= 11 is 5.22. The lowest BCUT2D eigenvalue weighted by molar-refractivity contribution is 0.506. The van der Waals surface area contributed by atoms with E-state index in [1.165, 1.54) is 12.3 Å². The van der Waals surface area contributed by atoms with Crippen molar-refractivity contribution in [3.63, 3.8) is 0 Å². The van der Waals surface area contributed by atoms with Crippen LogP contribution in [-0.2, 0) is 16.4 Å². The molecule has 0 aliphatic carbocycles. The Morgan fingerprint density at radius 2 is 2.00 bits per heavy atom. The van der Waals surface area contributed by atoms with Gasteiger partial charge in [-0.15, -0.1) is 0 Å². The van der Waals surface area contributed by atoms with Gasteiger partial charge in [-0.3, -0.25) is 0 Å². The molecule has 20 heavy (non-hydrogen) atoms. The molecule has 110 valence electrons. The predicted molar refractivity (Wildman–Crippen MR) is 80.7 cm³/mol. The van der Waals surface area contributed by atoms with Gasteiger partial charge < -0.3 is 9.55 Å². The SMILES string of the molecule is Cc1cc2c(cc1F)[nH]c(=S)n2CC(C)(C)S(C)(=O)=O. The van der Waals surface area contributed by atoms with Crippen molar-refractivity contribution in [3.05, 3.63) is 28.3 Å². The van der Waals surface area contributed by atoms with Crippen LogP contribution in [0.3, 0.4) is 0 Å². The number of halogens is 1. The fourth-order valence-electron chi connectivity index (χ4n) is 1.94. The number of nitrogens with zero attached hydrogens (tertiary/aromatic N) is 1. The number of sulfone groups is 1. The van der Waals surface area contributed by atoms with E-state index in [-0.39, 0.29) is 12.4 Å². The van der Waals surface area contributed by atoms with E-state index >= 15 is 0 Å². The van der Waals surface area contributed by atoms with Gasteiger partial charge in [0.1, 0.15) is 5.82 Å². The molecule has 0 spiro atoms. The summed E-state index contributed by atoms with van der Waals surface area (Å²) in [7, 11) is -3.24. The van der Waals surface area contributed by atoms with Gasteiger partial charge in [0, 0.05) is 12.8 Å². The molecule has 1 aromatic carbocycles. The monoisotopic (exact) mass is 316 g/mol.